The van der Waals surface area contributed by atoms with Crippen LogP contribution in [0.3, 0.4) is 0 Å². The van der Waals surface area contributed by atoms with Crippen LogP contribution in [0.2, 0.25) is 0 Å². The van der Waals surface area contributed by atoms with Crippen LogP contribution in [-0.2, 0) is 13.0 Å². The van der Waals surface area contributed by atoms with Crippen molar-refractivity contribution in [3.8, 4) is 0 Å². The second-order valence-electron chi connectivity index (χ2n) is 5.09. The molecule has 0 radical (unpaired) electrons. The Labute approximate surface area is 122 Å². The molecule has 104 valence electrons. The predicted octanol–water partition coefficient (Wildman–Crippen LogP) is 2.92. The molecule has 0 saturated carbocycles. The van der Waals surface area contributed by atoms with Crippen LogP contribution in [0, 0.1) is 0 Å². The van der Waals surface area contributed by atoms with Gasteiger partial charge in [0.25, 0.3) is 0 Å². The van der Waals surface area contributed by atoms with Crippen LogP contribution in [0.15, 0.2) is 6.20 Å². The van der Waals surface area contributed by atoms with Crippen LogP contribution in [-0.4, -0.2) is 22.6 Å². The van der Waals surface area contributed by atoms with Crippen LogP contribution in [0.1, 0.15) is 49.5 Å². The lowest BCUT2D eigenvalue weighted by molar-refractivity contribution is 0.436. The standard InChI is InChI=1S/C13H21N3.2ClH/c1-2-4-13-15-10-12(16(13)9-3-1)11-5-7-14-8-6-11;;/h10-11,14H,1-9H2;2*1H. The first kappa shape index (κ1) is 15.8. The zero-order valence-electron chi connectivity index (χ0n) is 10.7. The largest absolute Gasteiger partial charge is 0.332 e. The van der Waals surface area contributed by atoms with Crippen LogP contribution in [0.5, 0.6) is 0 Å². The highest BCUT2D eigenvalue weighted by atomic mass is 35.5. The molecule has 1 fully saturated rings. The Bertz CT molecular complexity index is 359. The first-order valence-electron chi connectivity index (χ1n) is 6.70. The Kier molecular flexibility index (Phi) is 6.47. The zero-order chi connectivity index (χ0) is 10.8. The van der Waals surface area contributed by atoms with Gasteiger partial charge in [-0.15, -0.1) is 24.8 Å². The summed E-state index contributed by atoms with van der Waals surface area (Å²) in [5, 5.41) is 3.44. The normalized spacial score (nSPS) is 20.2. The lowest BCUT2D eigenvalue weighted by Crippen LogP contribution is -2.27. The molecule has 0 aliphatic carbocycles. The molecule has 0 atom stereocenters. The van der Waals surface area contributed by atoms with Gasteiger partial charge in [-0.25, -0.2) is 4.98 Å². The second kappa shape index (κ2) is 7.37. The zero-order valence-corrected chi connectivity index (χ0v) is 12.4. The molecule has 1 aromatic heterocycles. The molecule has 0 bridgehead atoms. The number of rotatable bonds is 1. The lowest BCUT2D eigenvalue weighted by atomic mass is 9.95. The summed E-state index contributed by atoms with van der Waals surface area (Å²) in [5.41, 5.74) is 1.51. The summed E-state index contributed by atoms with van der Waals surface area (Å²) in [5.74, 6) is 2.09. The molecular weight excluding hydrogens is 269 g/mol. The van der Waals surface area contributed by atoms with E-state index < -0.39 is 0 Å². The van der Waals surface area contributed by atoms with Crippen molar-refractivity contribution in [2.24, 2.45) is 0 Å². The maximum atomic E-state index is 4.63. The topological polar surface area (TPSA) is 29.9 Å². The van der Waals surface area contributed by atoms with Gasteiger partial charge >= 0.3 is 0 Å². The molecule has 3 heterocycles. The number of aryl methyl sites for hydroxylation is 1. The van der Waals surface area contributed by atoms with Crippen LogP contribution in [0.25, 0.3) is 0 Å². The van der Waals surface area contributed by atoms with E-state index in [4.69, 9.17) is 0 Å². The molecule has 5 heteroatoms. The summed E-state index contributed by atoms with van der Waals surface area (Å²) in [6.45, 7) is 3.55. The van der Waals surface area contributed by atoms with Crippen LogP contribution in [0.4, 0.5) is 0 Å². The first-order valence-corrected chi connectivity index (χ1v) is 6.70. The summed E-state index contributed by atoms with van der Waals surface area (Å²) < 4.78 is 2.52. The van der Waals surface area contributed by atoms with Gasteiger partial charge in [0, 0.05) is 30.8 Å². The van der Waals surface area contributed by atoms with Crippen molar-refractivity contribution in [2.45, 2.75) is 51.0 Å². The third-order valence-corrected chi connectivity index (χ3v) is 4.01. The number of hydrogen-bond acceptors (Lipinski definition) is 2. The van der Waals surface area contributed by atoms with Crippen molar-refractivity contribution in [2.75, 3.05) is 13.1 Å². The number of imidazole rings is 1. The summed E-state index contributed by atoms with van der Waals surface area (Å²) >= 11 is 0. The SMILES string of the molecule is Cl.Cl.c1nc2n(c1C1CCNCC1)CCCCC2. The van der Waals surface area contributed by atoms with E-state index in [-0.39, 0.29) is 24.8 Å². The summed E-state index contributed by atoms with van der Waals surface area (Å²) in [7, 11) is 0. The van der Waals surface area contributed by atoms with Crippen molar-refractivity contribution in [1.29, 1.82) is 0 Å². The number of fused-ring (bicyclic) bond motifs is 1. The molecule has 0 spiro atoms. The Morgan fingerprint density at radius 3 is 2.67 bits per heavy atom. The fraction of sp³-hybridized carbons (Fsp3) is 0.769. The van der Waals surface area contributed by atoms with Crippen LogP contribution >= 0.6 is 24.8 Å². The number of halogens is 2. The summed E-state index contributed by atoms with van der Waals surface area (Å²) in [6.07, 6.45) is 9.93. The molecule has 2 aliphatic rings. The van der Waals surface area contributed by atoms with E-state index in [1.54, 1.807) is 0 Å². The molecule has 1 saturated heterocycles. The van der Waals surface area contributed by atoms with E-state index in [1.165, 1.54) is 69.7 Å². The predicted molar refractivity (Wildman–Crippen MR) is 79.1 cm³/mol. The number of nitrogens with zero attached hydrogens (tertiary/aromatic N) is 2. The van der Waals surface area contributed by atoms with E-state index in [0.717, 1.165) is 5.92 Å². The van der Waals surface area contributed by atoms with Gasteiger partial charge in [-0.05, 0) is 38.8 Å². The Morgan fingerprint density at radius 2 is 1.89 bits per heavy atom. The highest BCUT2D eigenvalue weighted by Crippen LogP contribution is 2.28. The van der Waals surface area contributed by atoms with Crippen molar-refractivity contribution >= 4 is 24.8 Å². The number of piperidine rings is 1. The lowest BCUT2D eigenvalue weighted by Gasteiger charge is -2.24. The van der Waals surface area contributed by atoms with E-state index in [2.05, 4.69) is 21.1 Å². The van der Waals surface area contributed by atoms with Gasteiger partial charge in [0.1, 0.15) is 5.82 Å². The average molecular weight is 292 g/mol. The maximum absolute atomic E-state index is 4.63. The molecule has 1 N–H and O–H groups in total. The van der Waals surface area contributed by atoms with Gasteiger partial charge < -0.3 is 9.88 Å². The molecule has 2 aliphatic heterocycles. The second-order valence-corrected chi connectivity index (χ2v) is 5.09. The van der Waals surface area contributed by atoms with Crippen LogP contribution < -0.4 is 5.32 Å². The van der Waals surface area contributed by atoms with Crippen molar-refractivity contribution in [3.63, 3.8) is 0 Å². The Morgan fingerprint density at radius 1 is 1.11 bits per heavy atom. The van der Waals surface area contributed by atoms with Crippen molar-refractivity contribution in [1.82, 2.24) is 14.9 Å². The minimum atomic E-state index is 0. The minimum Gasteiger partial charge on any atom is -0.332 e. The quantitative estimate of drug-likeness (QED) is 0.862. The number of nitrogens with one attached hydrogen (secondary N) is 1. The molecule has 18 heavy (non-hydrogen) atoms. The van der Waals surface area contributed by atoms with Gasteiger partial charge in [0.05, 0.1) is 0 Å². The number of aromatic nitrogens is 2. The average Bonchev–Trinajstić information content (AvgIpc) is 2.60. The van der Waals surface area contributed by atoms with Crippen molar-refractivity contribution < 1.29 is 0 Å². The van der Waals surface area contributed by atoms with Crippen molar-refractivity contribution in [3.05, 3.63) is 17.7 Å². The third-order valence-electron chi connectivity index (χ3n) is 4.01. The molecule has 3 rings (SSSR count). The molecule has 0 unspecified atom stereocenters. The molecular formula is C13H23Cl2N3. The Balaban J connectivity index is 0.000000810. The molecule has 0 amide bonds. The summed E-state index contributed by atoms with van der Waals surface area (Å²) in [4.78, 5) is 4.63. The molecule has 3 nitrogen and oxygen atoms in total. The van der Waals surface area contributed by atoms with Gasteiger partial charge in [0.2, 0.25) is 0 Å². The van der Waals surface area contributed by atoms with Gasteiger partial charge in [-0.3, -0.25) is 0 Å². The highest BCUT2D eigenvalue weighted by Gasteiger charge is 2.21. The molecule has 1 aromatic rings. The van der Waals surface area contributed by atoms with E-state index in [9.17, 15) is 0 Å². The van der Waals surface area contributed by atoms with Gasteiger partial charge in [0.15, 0.2) is 0 Å². The Hall–Kier alpha value is -0.250. The van der Waals surface area contributed by atoms with Gasteiger partial charge in [-0.1, -0.05) is 6.42 Å². The minimum absolute atomic E-state index is 0. The van der Waals surface area contributed by atoms with E-state index >= 15 is 0 Å². The summed E-state index contributed by atoms with van der Waals surface area (Å²) in [6, 6.07) is 0. The van der Waals surface area contributed by atoms with E-state index in [1.807, 2.05) is 0 Å². The molecule has 0 aromatic carbocycles. The third kappa shape index (κ3) is 3.19. The fourth-order valence-corrected chi connectivity index (χ4v) is 3.06. The smallest absolute Gasteiger partial charge is 0.108 e. The van der Waals surface area contributed by atoms with Gasteiger partial charge in [-0.2, -0.15) is 0 Å². The first-order chi connectivity index (χ1) is 7.95. The maximum Gasteiger partial charge on any atom is 0.108 e. The monoisotopic (exact) mass is 291 g/mol. The van der Waals surface area contributed by atoms with E-state index in [0.29, 0.717) is 0 Å². The highest BCUT2D eigenvalue weighted by molar-refractivity contribution is 5.85. The fourth-order valence-electron chi connectivity index (χ4n) is 3.06. The number of hydrogen-bond donors (Lipinski definition) is 1.